The zero-order valence-corrected chi connectivity index (χ0v) is 16.1. The van der Waals surface area contributed by atoms with E-state index in [9.17, 15) is 8.42 Å². The maximum absolute atomic E-state index is 12.7. The molecule has 6 heteroatoms. The fourth-order valence-electron chi connectivity index (χ4n) is 2.72. The molecule has 0 aliphatic rings. The van der Waals surface area contributed by atoms with Gasteiger partial charge in [0.1, 0.15) is 5.75 Å². The van der Waals surface area contributed by atoms with E-state index in [0.29, 0.717) is 31.1 Å². The Kier molecular flexibility index (Phi) is 6.45. The minimum Gasteiger partial charge on any atom is -0.495 e. The normalized spacial score (nSPS) is 11.6. The van der Waals surface area contributed by atoms with Gasteiger partial charge >= 0.3 is 0 Å². The number of hydrogen-bond donors (Lipinski definition) is 1. The zero-order valence-electron chi connectivity index (χ0n) is 15.2. The SMILES string of the molecule is CCN(CC)S(=O)(=O)c1ccc(OC)c(NCc2cccc(C)c2)c1. The molecule has 25 heavy (non-hydrogen) atoms. The summed E-state index contributed by atoms with van der Waals surface area (Å²) in [6, 6.07) is 13.1. The lowest BCUT2D eigenvalue weighted by Gasteiger charge is -2.20. The Bertz CT molecular complexity index is 815. The number of hydrogen-bond acceptors (Lipinski definition) is 4. The molecule has 0 bridgehead atoms. The summed E-state index contributed by atoms with van der Waals surface area (Å²) < 4.78 is 32.3. The molecule has 2 rings (SSSR count). The van der Waals surface area contributed by atoms with Gasteiger partial charge in [0, 0.05) is 19.6 Å². The van der Waals surface area contributed by atoms with Crippen LogP contribution in [0.25, 0.3) is 0 Å². The molecule has 1 N–H and O–H groups in total. The second-order valence-electron chi connectivity index (χ2n) is 5.79. The van der Waals surface area contributed by atoms with Crippen molar-refractivity contribution < 1.29 is 13.2 Å². The predicted octanol–water partition coefficient (Wildman–Crippen LogP) is 3.65. The molecule has 0 fully saturated rings. The van der Waals surface area contributed by atoms with E-state index >= 15 is 0 Å². The Balaban J connectivity index is 2.31. The van der Waals surface area contributed by atoms with E-state index in [-0.39, 0.29) is 4.90 Å². The van der Waals surface area contributed by atoms with Crippen molar-refractivity contribution in [1.29, 1.82) is 0 Å². The average molecular weight is 362 g/mol. The van der Waals surface area contributed by atoms with E-state index in [1.54, 1.807) is 25.3 Å². The van der Waals surface area contributed by atoms with Gasteiger partial charge in [0.05, 0.1) is 17.7 Å². The number of ether oxygens (including phenoxy) is 1. The van der Waals surface area contributed by atoms with E-state index < -0.39 is 10.0 Å². The summed E-state index contributed by atoms with van der Waals surface area (Å²) in [6.07, 6.45) is 0. The van der Waals surface area contributed by atoms with Gasteiger partial charge in [0.2, 0.25) is 10.0 Å². The van der Waals surface area contributed by atoms with Crippen LogP contribution in [0.3, 0.4) is 0 Å². The summed E-state index contributed by atoms with van der Waals surface area (Å²) in [5.74, 6) is 0.617. The summed E-state index contributed by atoms with van der Waals surface area (Å²) in [7, 11) is -1.93. The number of benzene rings is 2. The minimum atomic E-state index is -3.50. The summed E-state index contributed by atoms with van der Waals surface area (Å²) in [5, 5.41) is 3.29. The Morgan fingerprint density at radius 3 is 2.40 bits per heavy atom. The lowest BCUT2D eigenvalue weighted by Crippen LogP contribution is -2.30. The highest BCUT2D eigenvalue weighted by Gasteiger charge is 2.22. The Morgan fingerprint density at radius 2 is 1.80 bits per heavy atom. The Labute approximate surface area is 150 Å². The van der Waals surface area contributed by atoms with Crippen molar-refractivity contribution in [3.63, 3.8) is 0 Å². The Morgan fingerprint density at radius 1 is 1.08 bits per heavy atom. The summed E-state index contributed by atoms with van der Waals surface area (Å²) in [5.41, 5.74) is 2.97. The van der Waals surface area contributed by atoms with Gasteiger partial charge in [-0.05, 0) is 30.7 Å². The number of rotatable bonds is 8. The monoisotopic (exact) mass is 362 g/mol. The number of methoxy groups -OCH3 is 1. The van der Waals surface area contributed by atoms with Crippen LogP contribution in [0.4, 0.5) is 5.69 Å². The molecular formula is C19H26N2O3S. The van der Waals surface area contributed by atoms with E-state index in [0.717, 1.165) is 5.56 Å². The third kappa shape index (κ3) is 4.52. The van der Waals surface area contributed by atoms with Crippen LogP contribution in [0.5, 0.6) is 5.75 Å². The maximum atomic E-state index is 12.7. The van der Waals surface area contributed by atoms with Gasteiger partial charge in [-0.1, -0.05) is 43.7 Å². The largest absolute Gasteiger partial charge is 0.495 e. The molecule has 0 aliphatic heterocycles. The lowest BCUT2D eigenvalue weighted by atomic mass is 10.1. The van der Waals surface area contributed by atoms with Crippen LogP contribution in [-0.2, 0) is 16.6 Å². The second-order valence-corrected chi connectivity index (χ2v) is 7.73. The van der Waals surface area contributed by atoms with Crippen LogP contribution in [0, 0.1) is 6.92 Å². The first-order valence-electron chi connectivity index (χ1n) is 8.40. The van der Waals surface area contributed by atoms with Crippen molar-refractivity contribution in [2.75, 3.05) is 25.5 Å². The topological polar surface area (TPSA) is 58.6 Å². The van der Waals surface area contributed by atoms with Gasteiger partial charge in [0.25, 0.3) is 0 Å². The number of anilines is 1. The highest BCUT2D eigenvalue weighted by atomic mass is 32.2. The highest BCUT2D eigenvalue weighted by Crippen LogP contribution is 2.29. The summed E-state index contributed by atoms with van der Waals surface area (Å²) in [4.78, 5) is 0.267. The van der Waals surface area contributed by atoms with E-state index in [4.69, 9.17) is 4.74 Å². The van der Waals surface area contributed by atoms with Gasteiger partial charge in [-0.3, -0.25) is 0 Å². The average Bonchev–Trinajstić information content (AvgIpc) is 2.60. The van der Waals surface area contributed by atoms with Crippen molar-refractivity contribution in [1.82, 2.24) is 4.31 Å². The van der Waals surface area contributed by atoms with Gasteiger partial charge in [-0.2, -0.15) is 4.31 Å². The van der Waals surface area contributed by atoms with Crippen LogP contribution in [-0.4, -0.2) is 32.9 Å². The molecule has 0 amide bonds. The Hall–Kier alpha value is -2.05. The summed E-state index contributed by atoms with van der Waals surface area (Å²) >= 11 is 0. The third-order valence-corrected chi connectivity index (χ3v) is 6.13. The molecule has 0 aromatic heterocycles. The molecule has 2 aromatic rings. The molecule has 0 radical (unpaired) electrons. The number of nitrogens with one attached hydrogen (secondary N) is 1. The van der Waals surface area contributed by atoms with Crippen molar-refractivity contribution in [3.8, 4) is 5.75 Å². The first-order chi connectivity index (χ1) is 11.9. The molecule has 0 spiro atoms. The smallest absolute Gasteiger partial charge is 0.243 e. The molecule has 5 nitrogen and oxygen atoms in total. The maximum Gasteiger partial charge on any atom is 0.243 e. The van der Waals surface area contributed by atoms with Crippen LogP contribution >= 0.6 is 0 Å². The van der Waals surface area contributed by atoms with Gasteiger partial charge in [0.15, 0.2) is 0 Å². The molecule has 0 saturated carbocycles. The second kappa shape index (κ2) is 8.36. The van der Waals surface area contributed by atoms with Crippen molar-refractivity contribution in [3.05, 3.63) is 53.6 Å². The first-order valence-corrected chi connectivity index (χ1v) is 9.84. The fourth-order valence-corrected chi connectivity index (χ4v) is 4.20. The molecular weight excluding hydrogens is 336 g/mol. The molecule has 0 atom stereocenters. The van der Waals surface area contributed by atoms with E-state index in [2.05, 4.69) is 11.4 Å². The standard InChI is InChI=1S/C19H26N2O3S/c1-5-21(6-2)25(22,23)17-10-11-19(24-4)18(13-17)20-14-16-9-7-8-15(3)12-16/h7-13,20H,5-6,14H2,1-4H3. The van der Waals surface area contributed by atoms with E-state index in [1.807, 2.05) is 39.0 Å². The number of nitrogens with zero attached hydrogens (tertiary/aromatic N) is 1. The summed E-state index contributed by atoms with van der Waals surface area (Å²) in [6.45, 7) is 7.19. The molecule has 136 valence electrons. The van der Waals surface area contributed by atoms with Crippen LogP contribution < -0.4 is 10.1 Å². The van der Waals surface area contributed by atoms with Crippen molar-refractivity contribution in [2.45, 2.75) is 32.2 Å². The van der Waals surface area contributed by atoms with E-state index in [1.165, 1.54) is 9.87 Å². The molecule has 2 aromatic carbocycles. The molecule has 0 heterocycles. The molecule has 0 saturated heterocycles. The van der Waals surface area contributed by atoms with Crippen molar-refractivity contribution in [2.24, 2.45) is 0 Å². The fraction of sp³-hybridized carbons (Fsp3) is 0.368. The van der Waals surface area contributed by atoms with Gasteiger partial charge in [-0.25, -0.2) is 8.42 Å². The van der Waals surface area contributed by atoms with Crippen molar-refractivity contribution >= 4 is 15.7 Å². The molecule has 0 unspecified atom stereocenters. The van der Waals surface area contributed by atoms with Crippen LogP contribution in [0.15, 0.2) is 47.4 Å². The van der Waals surface area contributed by atoms with Crippen LogP contribution in [0.1, 0.15) is 25.0 Å². The molecule has 0 aliphatic carbocycles. The predicted molar refractivity (Wildman–Crippen MR) is 102 cm³/mol. The highest BCUT2D eigenvalue weighted by molar-refractivity contribution is 7.89. The first kappa shape index (κ1) is 19.3. The minimum absolute atomic E-state index is 0.267. The van der Waals surface area contributed by atoms with Gasteiger partial charge < -0.3 is 10.1 Å². The zero-order chi connectivity index (χ0) is 18.4. The van der Waals surface area contributed by atoms with Crippen LogP contribution in [0.2, 0.25) is 0 Å². The van der Waals surface area contributed by atoms with Gasteiger partial charge in [-0.15, -0.1) is 0 Å². The lowest BCUT2D eigenvalue weighted by molar-refractivity contribution is 0.415. The quantitative estimate of drug-likeness (QED) is 0.779. The number of aryl methyl sites for hydroxylation is 1. The number of sulfonamides is 1. The third-order valence-electron chi connectivity index (χ3n) is 4.08.